The van der Waals surface area contributed by atoms with Crippen molar-refractivity contribution in [3.63, 3.8) is 0 Å². The van der Waals surface area contributed by atoms with Gasteiger partial charge in [-0.15, -0.1) is 0 Å². The number of fused-ring (bicyclic) bond motifs is 1. The van der Waals surface area contributed by atoms with Crippen molar-refractivity contribution >= 4 is 0 Å². The first-order valence-electron chi connectivity index (χ1n) is 3.38. The van der Waals surface area contributed by atoms with Gasteiger partial charge in [-0.05, 0) is 19.8 Å². The maximum absolute atomic E-state index is 4.06. The van der Waals surface area contributed by atoms with E-state index in [1.165, 1.54) is 18.5 Å². The van der Waals surface area contributed by atoms with E-state index in [1.807, 2.05) is 12.5 Å². The predicted molar refractivity (Wildman–Crippen MR) is 35.3 cm³/mol. The van der Waals surface area contributed by atoms with E-state index >= 15 is 0 Å². The lowest BCUT2D eigenvalue weighted by molar-refractivity contribution is 0.577. The molecule has 9 heavy (non-hydrogen) atoms. The molecule has 0 bridgehead atoms. The fourth-order valence-corrected chi connectivity index (χ4v) is 1.42. The van der Waals surface area contributed by atoms with E-state index in [4.69, 9.17) is 0 Å². The normalized spacial score (nSPS) is 24.3. The summed E-state index contributed by atoms with van der Waals surface area (Å²) >= 11 is 0. The molecule has 0 aliphatic carbocycles. The highest BCUT2D eigenvalue weighted by atomic mass is 15.1. The minimum Gasteiger partial charge on any atom is -0.332 e. The Morgan fingerprint density at radius 2 is 2.67 bits per heavy atom. The lowest BCUT2D eigenvalue weighted by atomic mass is 10.2. The third-order valence-corrected chi connectivity index (χ3v) is 2.04. The Labute approximate surface area is 54.5 Å². The summed E-state index contributed by atoms with van der Waals surface area (Å²) in [6.45, 7) is 2.23. The van der Waals surface area contributed by atoms with Crippen LogP contribution in [-0.4, -0.2) is 9.55 Å². The van der Waals surface area contributed by atoms with Gasteiger partial charge in [0.1, 0.15) is 0 Å². The zero-order valence-electron chi connectivity index (χ0n) is 5.54. The maximum Gasteiger partial charge on any atom is 0.0950 e. The van der Waals surface area contributed by atoms with Gasteiger partial charge in [0, 0.05) is 17.9 Å². The highest BCUT2D eigenvalue weighted by Crippen LogP contribution is 2.23. The smallest absolute Gasteiger partial charge is 0.0950 e. The average molecular weight is 122 g/mol. The van der Waals surface area contributed by atoms with Gasteiger partial charge in [0.25, 0.3) is 0 Å². The van der Waals surface area contributed by atoms with Gasteiger partial charge >= 0.3 is 0 Å². The van der Waals surface area contributed by atoms with Crippen LogP contribution in [0.5, 0.6) is 0 Å². The van der Waals surface area contributed by atoms with Crippen molar-refractivity contribution in [3.05, 3.63) is 18.2 Å². The summed E-state index contributed by atoms with van der Waals surface area (Å²) in [7, 11) is 0. The Morgan fingerprint density at radius 1 is 1.78 bits per heavy atom. The van der Waals surface area contributed by atoms with Crippen molar-refractivity contribution in [2.75, 3.05) is 0 Å². The van der Waals surface area contributed by atoms with Crippen LogP contribution in [0.3, 0.4) is 0 Å². The molecule has 1 unspecified atom stereocenters. The Kier molecular flexibility index (Phi) is 0.891. The monoisotopic (exact) mass is 122 g/mol. The van der Waals surface area contributed by atoms with Crippen molar-refractivity contribution in [2.45, 2.75) is 25.8 Å². The molecule has 0 fully saturated rings. The lowest BCUT2D eigenvalue weighted by Gasteiger charge is -2.02. The summed E-state index contributed by atoms with van der Waals surface area (Å²) in [5, 5.41) is 0. The molecule has 1 aromatic heterocycles. The first-order valence-corrected chi connectivity index (χ1v) is 3.38. The van der Waals surface area contributed by atoms with E-state index in [2.05, 4.69) is 16.5 Å². The summed E-state index contributed by atoms with van der Waals surface area (Å²) < 4.78 is 2.25. The molecule has 1 atom stereocenters. The molecule has 1 aromatic rings. The van der Waals surface area contributed by atoms with E-state index in [9.17, 15) is 0 Å². The standard InChI is InChI=1S/C7H10N2/c1-6-2-3-7-4-8-5-9(6)7/h4-6H,2-3H2,1H3. The summed E-state index contributed by atoms with van der Waals surface area (Å²) in [6, 6.07) is 0.683. The molecule has 0 N–H and O–H groups in total. The van der Waals surface area contributed by atoms with Crippen LogP contribution in [0.4, 0.5) is 0 Å². The SMILES string of the molecule is CC1CCc2cncn21. The molecule has 1 aliphatic rings. The molecular formula is C7H10N2. The number of hydrogen-bond acceptors (Lipinski definition) is 1. The van der Waals surface area contributed by atoms with Crippen molar-refractivity contribution in [2.24, 2.45) is 0 Å². The fraction of sp³-hybridized carbons (Fsp3) is 0.571. The molecule has 2 heterocycles. The van der Waals surface area contributed by atoms with Crippen molar-refractivity contribution < 1.29 is 0 Å². The van der Waals surface area contributed by atoms with Crippen LogP contribution in [0.25, 0.3) is 0 Å². The van der Waals surface area contributed by atoms with Crippen molar-refractivity contribution in [1.82, 2.24) is 9.55 Å². The van der Waals surface area contributed by atoms with Crippen LogP contribution in [0, 0.1) is 0 Å². The quantitative estimate of drug-likeness (QED) is 0.508. The third kappa shape index (κ3) is 0.590. The Bertz CT molecular complexity index is 214. The predicted octanol–water partition coefficient (Wildman–Crippen LogP) is 1.39. The fourth-order valence-electron chi connectivity index (χ4n) is 1.42. The number of aryl methyl sites for hydroxylation is 1. The van der Waals surface area contributed by atoms with Crippen molar-refractivity contribution in [1.29, 1.82) is 0 Å². The van der Waals surface area contributed by atoms with Gasteiger partial charge < -0.3 is 4.57 Å². The van der Waals surface area contributed by atoms with Crippen LogP contribution in [0.15, 0.2) is 12.5 Å². The molecule has 0 saturated carbocycles. The van der Waals surface area contributed by atoms with Crippen LogP contribution in [-0.2, 0) is 6.42 Å². The van der Waals surface area contributed by atoms with Crippen LogP contribution in [0.1, 0.15) is 25.1 Å². The zero-order chi connectivity index (χ0) is 6.27. The van der Waals surface area contributed by atoms with Gasteiger partial charge in [0.05, 0.1) is 6.33 Å². The lowest BCUT2D eigenvalue weighted by Crippen LogP contribution is -1.95. The minimum absolute atomic E-state index is 0.683. The molecule has 48 valence electrons. The Hall–Kier alpha value is -0.790. The van der Waals surface area contributed by atoms with E-state index in [0.717, 1.165) is 0 Å². The maximum atomic E-state index is 4.06. The van der Waals surface area contributed by atoms with Crippen LogP contribution >= 0.6 is 0 Å². The molecule has 0 radical (unpaired) electrons. The minimum atomic E-state index is 0.683. The number of hydrogen-bond donors (Lipinski definition) is 0. The molecule has 0 saturated heterocycles. The molecule has 2 rings (SSSR count). The number of imidazole rings is 1. The van der Waals surface area contributed by atoms with Gasteiger partial charge in [0.15, 0.2) is 0 Å². The van der Waals surface area contributed by atoms with Gasteiger partial charge in [-0.25, -0.2) is 4.98 Å². The summed E-state index contributed by atoms with van der Waals surface area (Å²) in [5.74, 6) is 0. The highest BCUT2D eigenvalue weighted by molar-refractivity contribution is 5.05. The largest absolute Gasteiger partial charge is 0.332 e. The Balaban J connectivity index is 2.49. The summed E-state index contributed by atoms with van der Waals surface area (Å²) in [6.07, 6.45) is 6.38. The van der Waals surface area contributed by atoms with E-state index in [1.54, 1.807) is 0 Å². The Morgan fingerprint density at radius 3 is 3.44 bits per heavy atom. The molecule has 0 spiro atoms. The molecule has 1 aliphatic heterocycles. The van der Waals surface area contributed by atoms with Gasteiger partial charge in [-0.2, -0.15) is 0 Å². The molecule has 0 amide bonds. The summed E-state index contributed by atoms with van der Waals surface area (Å²) in [5.41, 5.74) is 1.39. The number of rotatable bonds is 0. The van der Waals surface area contributed by atoms with Crippen LogP contribution < -0.4 is 0 Å². The second kappa shape index (κ2) is 1.59. The second-order valence-corrected chi connectivity index (χ2v) is 2.68. The highest BCUT2D eigenvalue weighted by Gasteiger charge is 2.15. The molecule has 0 aromatic carbocycles. The molecular weight excluding hydrogens is 112 g/mol. The topological polar surface area (TPSA) is 17.8 Å². The van der Waals surface area contributed by atoms with Crippen LogP contribution in [0.2, 0.25) is 0 Å². The van der Waals surface area contributed by atoms with E-state index in [-0.39, 0.29) is 0 Å². The first kappa shape index (κ1) is 5.03. The first-order chi connectivity index (χ1) is 4.38. The summed E-state index contributed by atoms with van der Waals surface area (Å²) in [4.78, 5) is 4.06. The van der Waals surface area contributed by atoms with Gasteiger partial charge in [-0.3, -0.25) is 0 Å². The van der Waals surface area contributed by atoms with Gasteiger partial charge in [-0.1, -0.05) is 0 Å². The van der Waals surface area contributed by atoms with Gasteiger partial charge in [0.2, 0.25) is 0 Å². The number of nitrogens with zero attached hydrogens (tertiary/aromatic N) is 2. The number of aromatic nitrogens is 2. The van der Waals surface area contributed by atoms with E-state index < -0.39 is 0 Å². The molecule has 2 heteroatoms. The zero-order valence-corrected chi connectivity index (χ0v) is 5.54. The molecule has 2 nitrogen and oxygen atoms in total. The average Bonchev–Trinajstić information content (AvgIpc) is 2.35. The third-order valence-electron chi connectivity index (χ3n) is 2.04. The van der Waals surface area contributed by atoms with E-state index in [0.29, 0.717) is 6.04 Å². The second-order valence-electron chi connectivity index (χ2n) is 2.68. The van der Waals surface area contributed by atoms with Crippen molar-refractivity contribution in [3.8, 4) is 0 Å².